The zero-order valence-corrected chi connectivity index (χ0v) is 7.44. The zero-order valence-electron chi connectivity index (χ0n) is 7.44. The van der Waals surface area contributed by atoms with Crippen LogP contribution in [0.3, 0.4) is 0 Å². The predicted molar refractivity (Wildman–Crippen MR) is 52.2 cm³/mol. The Hall–Kier alpha value is -1.70. The van der Waals surface area contributed by atoms with E-state index < -0.39 is 0 Å². The Morgan fingerprint density at radius 1 is 1.15 bits per heavy atom. The molecule has 0 N–H and O–H groups in total. The fourth-order valence-electron chi connectivity index (χ4n) is 1.27. The third-order valence-electron chi connectivity index (χ3n) is 1.90. The maximum Gasteiger partial charge on any atom is 0.116 e. The van der Waals surface area contributed by atoms with Gasteiger partial charge in [0.2, 0.25) is 0 Å². The highest BCUT2D eigenvalue weighted by Crippen LogP contribution is 2.16. The van der Waals surface area contributed by atoms with Crippen LogP contribution in [0.5, 0.6) is 0 Å². The summed E-state index contributed by atoms with van der Waals surface area (Å²) in [5.74, 6) is 0. The second-order valence-corrected chi connectivity index (χ2v) is 2.96. The number of aromatic nitrogens is 2. The second-order valence-electron chi connectivity index (χ2n) is 2.96. The largest absolute Gasteiger partial charge is 0.245 e. The highest BCUT2D eigenvalue weighted by Gasteiger charge is 1.96. The molecular weight excluding hydrogens is 160 g/mol. The van der Waals surface area contributed by atoms with Gasteiger partial charge in [-0.15, -0.1) is 0 Å². The van der Waals surface area contributed by atoms with E-state index >= 15 is 0 Å². The first kappa shape index (κ1) is 7.92. The van der Waals surface area contributed by atoms with Crippen molar-refractivity contribution in [3.8, 4) is 11.3 Å². The molecule has 64 valence electrons. The molecule has 0 spiro atoms. The maximum absolute atomic E-state index is 4.18. The molecule has 13 heavy (non-hydrogen) atoms. The van der Waals surface area contributed by atoms with Crippen molar-refractivity contribution in [2.45, 2.75) is 6.92 Å². The topological polar surface area (TPSA) is 25.8 Å². The van der Waals surface area contributed by atoms with Crippen molar-refractivity contribution < 1.29 is 0 Å². The highest BCUT2D eigenvalue weighted by atomic mass is 14.8. The molecule has 0 aliphatic rings. The van der Waals surface area contributed by atoms with Gasteiger partial charge in [-0.05, 0) is 19.1 Å². The summed E-state index contributed by atoms with van der Waals surface area (Å²) in [6.07, 6.45) is 3.32. The second kappa shape index (κ2) is 3.35. The SMILES string of the molecule is Cc1cccc(-c2ccncn2)c1. The minimum atomic E-state index is 0.971. The van der Waals surface area contributed by atoms with Crippen LogP contribution >= 0.6 is 0 Å². The smallest absolute Gasteiger partial charge is 0.116 e. The summed E-state index contributed by atoms with van der Waals surface area (Å²) in [7, 11) is 0. The molecule has 0 saturated carbocycles. The molecule has 0 fully saturated rings. The van der Waals surface area contributed by atoms with Gasteiger partial charge in [-0.25, -0.2) is 9.97 Å². The standard InChI is InChI=1S/C11H10N2/c1-9-3-2-4-10(7-9)11-5-6-12-8-13-11/h2-8H,1H3. The van der Waals surface area contributed by atoms with Crippen LogP contribution in [0, 0.1) is 6.92 Å². The molecule has 0 aliphatic heterocycles. The van der Waals surface area contributed by atoms with E-state index in [1.165, 1.54) is 5.56 Å². The average Bonchev–Trinajstić information content (AvgIpc) is 2.19. The van der Waals surface area contributed by atoms with Crippen LogP contribution in [-0.4, -0.2) is 9.97 Å². The zero-order chi connectivity index (χ0) is 9.10. The quantitative estimate of drug-likeness (QED) is 0.657. The molecule has 2 rings (SSSR count). The summed E-state index contributed by atoms with van der Waals surface area (Å²) in [4.78, 5) is 8.06. The molecule has 0 unspecified atom stereocenters. The van der Waals surface area contributed by atoms with Crippen LogP contribution in [0.4, 0.5) is 0 Å². The monoisotopic (exact) mass is 170 g/mol. The third-order valence-corrected chi connectivity index (χ3v) is 1.90. The van der Waals surface area contributed by atoms with Crippen molar-refractivity contribution in [1.82, 2.24) is 9.97 Å². The Bertz CT molecular complexity index is 396. The molecule has 1 aromatic heterocycles. The number of nitrogens with zero attached hydrogens (tertiary/aromatic N) is 2. The lowest BCUT2D eigenvalue weighted by atomic mass is 10.1. The maximum atomic E-state index is 4.18. The van der Waals surface area contributed by atoms with Gasteiger partial charge in [0.15, 0.2) is 0 Å². The first-order valence-corrected chi connectivity index (χ1v) is 4.19. The van der Waals surface area contributed by atoms with Gasteiger partial charge in [-0.3, -0.25) is 0 Å². The Morgan fingerprint density at radius 2 is 2.08 bits per heavy atom. The van der Waals surface area contributed by atoms with Gasteiger partial charge < -0.3 is 0 Å². The third kappa shape index (κ3) is 1.72. The van der Waals surface area contributed by atoms with Crippen molar-refractivity contribution in [2.24, 2.45) is 0 Å². The lowest BCUT2D eigenvalue weighted by Gasteiger charge is -1.99. The van der Waals surface area contributed by atoms with Crippen LogP contribution < -0.4 is 0 Å². The van der Waals surface area contributed by atoms with Gasteiger partial charge >= 0.3 is 0 Å². The molecule has 0 atom stereocenters. The van der Waals surface area contributed by atoms with E-state index in [0.717, 1.165) is 11.3 Å². The molecule has 0 bridgehead atoms. The van der Waals surface area contributed by atoms with Crippen LogP contribution in [-0.2, 0) is 0 Å². The Labute approximate surface area is 77.3 Å². The number of rotatable bonds is 1. The van der Waals surface area contributed by atoms with Crippen LogP contribution in [0.15, 0.2) is 42.9 Å². The van der Waals surface area contributed by atoms with Gasteiger partial charge in [0, 0.05) is 11.8 Å². The number of hydrogen-bond acceptors (Lipinski definition) is 2. The van der Waals surface area contributed by atoms with E-state index in [-0.39, 0.29) is 0 Å². The molecule has 0 saturated heterocycles. The Morgan fingerprint density at radius 3 is 2.77 bits per heavy atom. The van der Waals surface area contributed by atoms with E-state index in [1.807, 2.05) is 12.1 Å². The summed E-state index contributed by atoms with van der Waals surface area (Å²) >= 11 is 0. The normalized spacial score (nSPS) is 9.92. The molecule has 2 nitrogen and oxygen atoms in total. The first-order valence-electron chi connectivity index (χ1n) is 4.19. The molecule has 1 aromatic carbocycles. The Kier molecular flexibility index (Phi) is 2.04. The molecule has 0 radical (unpaired) electrons. The van der Waals surface area contributed by atoms with E-state index in [0.29, 0.717) is 0 Å². The predicted octanol–water partition coefficient (Wildman–Crippen LogP) is 2.45. The minimum Gasteiger partial charge on any atom is -0.245 e. The van der Waals surface area contributed by atoms with Crippen molar-refractivity contribution >= 4 is 0 Å². The minimum absolute atomic E-state index is 0.971. The average molecular weight is 170 g/mol. The summed E-state index contributed by atoms with van der Waals surface area (Å²) in [6, 6.07) is 10.2. The molecule has 0 amide bonds. The molecule has 2 heteroatoms. The van der Waals surface area contributed by atoms with E-state index in [9.17, 15) is 0 Å². The van der Waals surface area contributed by atoms with Gasteiger partial charge in [0.1, 0.15) is 6.33 Å². The van der Waals surface area contributed by atoms with E-state index in [4.69, 9.17) is 0 Å². The van der Waals surface area contributed by atoms with Crippen LogP contribution in [0.2, 0.25) is 0 Å². The number of hydrogen-bond donors (Lipinski definition) is 0. The van der Waals surface area contributed by atoms with Crippen molar-refractivity contribution in [2.75, 3.05) is 0 Å². The van der Waals surface area contributed by atoms with E-state index in [1.54, 1.807) is 12.5 Å². The van der Waals surface area contributed by atoms with Gasteiger partial charge in [-0.2, -0.15) is 0 Å². The van der Waals surface area contributed by atoms with Crippen molar-refractivity contribution in [1.29, 1.82) is 0 Å². The Balaban J connectivity index is 2.48. The number of aryl methyl sites for hydroxylation is 1. The van der Waals surface area contributed by atoms with Crippen LogP contribution in [0.1, 0.15) is 5.56 Å². The lowest BCUT2D eigenvalue weighted by Crippen LogP contribution is -1.83. The first-order chi connectivity index (χ1) is 6.36. The van der Waals surface area contributed by atoms with Crippen molar-refractivity contribution in [3.05, 3.63) is 48.4 Å². The lowest BCUT2D eigenvalue weighted by molar-refractivity contribution is 1.17. The summed E-state index contributed by atoms with van der Waals surface area (Å²) in [5.41, 5.74) is 3.36. The molecule has 1 heterocycles. The molecular formula is C11H10N2. The summed E-state index contributed by atoms with van der Waals surface area (Å²) in [6.45, 7) is 2.07. The summed E-state index contributed by atoms with van der Waals surface area (Å²) < 4.78 is 0. The summed E-state index contributed by atoms with van der Waals surface area (Å²) in [5, 5.41) is 0. The van der Waals surface area contributed by atoms with Gasteiger partial charge in [0.25, 0.3) is 0 Å². The molecule has 2 aromatic rings. The fourth-order valence-corrected chi connectivity index (χ4v) is 1.27. The van der Waals surface area contributed by atoms with Gasteiger partial charge in [-0.1, -0.05) is 23.8 Å². The van der Waals surface area contributed by atoms with Crippen LogP contribution in [0.25, 0.3) is 11.3 Å². The van der Waals surface area contributed by atoms with Crippen molar-refractivity contribution in [3.63, 3.8) is 0 Å². The fraction of sp³-hybridized carbons (Fsp3) is 0.0909. The highest BCUT2D eigenvalue weighted by molar-refractivity contribution is 5.59. The van der Waals surface area contributed by atoms with Gasteiger partial charge in [0.05, 0.1) is 5.69 Å². The number of benzene rings is 1. The molecule has 0 aliphatic carbocycles. The van der Waals surface area contributed by atoms with E-state index in [2.05, 4.69) is 35.1 Å².